The quantitative estimate of drug-likeness (QED) is 0.357. The number of nitrogens with one attached hydrogen (secondary N) is 1. The van der Waals surface area contributed by atoms with Crippen molar-refractivity contribution < 1.29 is 4.79 Å². The summed E-state index contributed by atoms with van der Waals surface area (Å²) in [5.41, 5.74) is 3.28. The summed E-state index contributed by atoms with van der Waals surface area (Å²) in [6.07, 6.45) is 0.349. The first-order valence-electron chi connectivity index (χ1n) is 9.21. The maximum absolute atomic E-state index is 12.3. The molecule has 0 aliphatic rings. The van der Waals surface area contributed by atoms with Gasteiger partial charge < -0.3 is 5.32 Å². The first-order chi connectivity index (χ1) is 13.6. The van der Waals surface area contributed by atoms with E-state index in [2.05, 4.69) is 41.5 Å². The zero-order chi connectivity index (χ0) is 19.8. The Kier molecular flexibility index (Phi) is 6.98. The molecule has 0 atom stereocenters. The minimum atomic E-state index is -0.0390. The van der Waals surface area contributed by atoms with Gasteiger partial charge in [-0.2, -0.15) is 10.2 Å². The Labute approximate surface area is 170 Å². The SMILES string of the molecule is CC(C)Sc1ccc(CC(=O)Nc2ccc(N=Nc3ccccc3)cc2)cc1. The highest BCUT2D eigenvalue weighted by Crippen LogP contribution is 2.23. The van der Waals surface area contributed by atoms with Gasteiger partial charge in [0.25, 0.3) is 0 Å². The van der Waals surface area contributed by atoms with Crippen molar-refractivity contribution in [3.05, 3.63) is 84.4 Å². The van der Waals surface area contributed by atoms with E-state index in [1.165, 1.54) is 4.90 Å². The summed E-state index contributed by atoms with van der Waals surface area (Å²) in [5.74, 6) is -0.0390. The van der Waals surface area contributed by atoms with Crippen LogP contribution in [0.4, 0.5) is 17.1 Å². The number of azo groups is 1. The van der Waals surface area contributed by atoms with Crippen molar-refractivity contribution in [3.8, 4) is 0 Å². The van der Waals surface area contributed by atoms with Gasteiger partial charge in [0, 0.05) is 15.8 Å². The van der Waals surface area contributed by atoms with Crippen LogP contribution in [0.3, 0.4) is 0 Å². The minimum Gasteiger partial charge on any atom is -0.326 e. The van der Waals surface area contributed by atoms with Gasteiger partial charge in [-0.1, -0.05) is 44.2 Å². The molecule has 0 saturated heterocycles. The van der Waals surface area contributed by atoms with Gasteiger partial charge in [0.2, 0.25) is 5.91 Å². The summed E-state index contributed by atoms with van der Waals surface area (Å²) in [6, 6.07) is 25.1. The summed E-state index contributed by atoms with van der Waals surface area (Å²) >= 11 is 1.82. The number of anilines is 1. The van der Waals surface area contributed by atoms with E-state index in [1.807, 2.05) is 78.5 Å². The Bertz CT molecular complexity index is 920. The normalized spacial score (nSPS) is 11.1. The summed E-state index contributed by atoms with van der Waals surface area (Å²) in [4.78, 5) is 13.5. The van der Waals surface area contributed by atoms with Gasteiger partial charge in [0.15, 0.2) is 0 Å². The largest absolute Gasteiger partial charge is 0.326 e. The third-order valence-electron chi connectivity index (χ3n) is 3.85. The second-order valence-corrected chi connectivity index (χ2v) is 8.27. The molecule has 0 aliphatic carbocycles. The number of hydrogen-bond donors (Lipinski definition) is 1. The van der Waals surface area contributed by atoms with Crippen LogP contribution in [0.5, 0.6) is 0 Å². The van der Waals surface area contributed by atoms with Gasteiger partial charge in [-0.05, 0) is 54.1 Å². The second kappa shape index (κ2) is 9.85. The van der Waals surface area contributed by atoms with Crippen LogP contribution in [0.1, 0.15) is 19.4 Å². The number of benzene rings is 3. The lowest BCUT2D eigenvalue weighted by molar-refractivity contribution is -0.115. The average molecular weight is 390 g/mol. The number of hydrogen-bond acceptors (Lipinski definition) is 4. The molecule has 5 heteroatoms. The number of carbonyl (C=O) groups excluding carboxylic acids is 1. The van der Waals surface area contributed by atoms with E-state index in [0.29, 0.717) is 11.7 Å². The average Bonchev–Trinajstić information content (AvgIpc) is 2.69. The van der Waals surface area contributed by atoms with Crippen molar-refractivity contribution in [2.45, 2.75) is 30.4 Å². The van der Waals surface area contributed by atoms with E-state index in [-0.39, 0.29) is 5.91 Å². The predicted molar refractivity (Wildman–Crippen MR) is 117 cm³/mol. The molecule has 3 rings (SSSR count). The Hall–Kier alpha value is -2.92. The van der Waals surface area contributed by atoms with Crippen molar-refractivity contribution in [1.29, 1.82) is 0 Å². The lowest BCUT2D eigenvalue weighted by Crippen LogP contribution is -2.14. The van der Waals surface area contributed by atoms with Gasteiger partial charge >= 0.3 is 0 Å². The van der Waals surface area contributed by atoms with Crippen molar-refractivity contribution in [1.82, 2.24) is 0 Å². The fraction of sp³-hybridized carbons (Fsp3) is 0.174. The van der Waals surface area contributed by atoms with Crippen molar-refractivity contribution in [2.75, 3.05) is 5.32 Å². The topological polar surface area (TPSA) is 53.8 Å². The molecule has 4 nitrogen and oxygen atoms in total. The van der Waals surface area contributed by atoms with Gasteiger partial charge in [-0.3, -0.25) is 4.79 Å². The molecule has 142 valence electrons. The molecule has 0 heterocycles. The van der Waals surface area contributed by atoms with E-state index in [1.54, 1.807) is 0 Å². The fourth-order valence-corrected chi connectivity index (χ4v) is 3.41. The van der Waals surface area contributed by atoms with Gasteiger partial charge in [-0.15, -0.1) is 11.8 Å². The molecule has 0 fully saturated rings. The lowest BCUT2D eigenvalue weighted by Gasteiger charge is -2.07. The van der Waals surface area contributed by atoms with Crippen molar-refractivity contribution in [2.24, 2.45) is 10.2 Å². The van der Waals surface area contributed by atoms with E-state index in [4.69, 9.17) is 0 Å². The first kappa shape index (κ1) is 19.8. The molecule has 0 radical (unpaired) electrons. The highest BCUT2D eigenvalue weighted by atomic mass is 32.2. The molecule has 0 spiro atoms. The van der Waals surface area contributed by atoms with Crippen LogP contribution in [0.25, 0.3) is 0 Å². The molecule has 3 aromatic rings. The van der Waals surface area contributed by atoms with Crippen LogP contribution in [0.15, 0.2) is 94.0 Å². The number of amides is 1. The molecule has 28 heavy (non-hydrogen) atoms. The lowest BCUT2D eigenvalue weighted by atomic mass is 10.1. The molecule has 0 saturated carbocycles. The maximum Gasteiger partial charge on any atom is 0.228 e. The molecule has 1 amide bonds. The minimum absolute atomic E-state index is 0.0390. The molecule has 3 aromatic carbocycles. The Morgan fingerprint density at radius 1 is 0.857 bits per heavy atom. The monoisotopic (exact) mass is 389 g/mol. The van der Waals surface area contributed by atoms with Crippen LogP contribution < -0.4 is 5.32 Å². The van der Waals surface area contributed by atoms with Crippen LogP contribution >= 0.6 is 11.8 Å². The number of thioether (sulfide) groups is 1. The summed E-state index contributed by atoms with van der Waals surface area (Å²) < 4.78 is 0. The van der Waals surface area contributed by atoms with Crippen LogP contribution in [-0.4, -0.2) is 11.2 Å². The molecular weight excluding hydrogens is 366 g/mol. The highest BCUT2D eigenvalue weighted by Gasteiger charge is 2.05. The summed E-state index contributed by atoms with van der Waals surface area (Å²) in [6.45, 7) is 4.33. The van der Waals surface area contributed by atoms with E-state index < -0.39 is 0 Å². The third-order valence-corrected chi connectivity index (χ3v) is 4.86. The van der Waals surface area contributed by atoms with Gasteiger partial charge in [0.05, 0.1) is 17.8 Å². The molecule has 0 aliphatic heterocycles. The molecular formula is C23H23N3OS. The Morgan fingerprint density at radius 2 is 1.46 bits per heavy atom. The second-order valence-electron chi connectivity index (χ2n) is 6.62. The van der Waals surface area contributed by atoms with E-state index in [9.17, 15) is 4.79 Å². The highest BCUT2D eigenvalue weighted by molar-refractivity contribution is 7.99. The van der Waals surface area contributed by atoms with Crippen molar-refractivity contribution >= 4 is 34.7 Å². The summed E-state index contributed by atoms with van der Waals surface area (Å²) in [7, 11) is 0. The Balaban J connectivity index is 1.53. The Morgan fingerprint density at radius 3 is 2.07 bits per heavy atom. The molecule has 0 aromatic heterocycles. The fourth-order valence-electron chi connectivity index (χ4n) is 2.57. The number of carbonyl (C=O) groups is 1. The van der Waals surface area contributed by atoms with E-state index >= 15 is 0 Å². The zero-order valence-electron chi connectivity index (χ0n) is 16.0. The smallest absolute Gasteiger partial charge is 0.228 e. The zero-order valence-corrected chi connectivity index (χ0v) is 16.8. The first-order valence-corrected chi connectivity index (χ1v) is 10.1. The molecule has 1 N–H and O–H groups in total. The predicted octanol–water partition coefficient (Wildman–Crippen LogP) is 6.78. The van der Waals surface area contributed by atoms with Gasteiger partial charge in [-0.25, -0.2) is 0 Å². The van der Waals surface area contributed by atoms with Crippen molar-refractivity contribution in [3.63, 3.8) is 0 Å². The molecule has 0 bridgehead atoms. The number of nitrogens with zero attached hydrogens (tertiary/aromatic N) is 2. The van der Waals surface area contributed by atoms with Crippen LogP contribution in [-0.2, 0) is 11.2 Å². The van der Waals surface area contributed by atoms with Crippen LogP contribution in [0.2, 0.25) is 0 Å². The van der Waals surface area contributed by atoms with Crippen LogP contribution in [0, 0.1) is 0 Å². The van der Waals surface area contributed by atoms with E-state index in [0.717, 1.165) is 22.6 Å². The third kappa shape index (κ3) is 6.35. The maximum atomic E-state index is 12.3. The molecule has 0 unspecified atom stereocenters. The summed E-state index contributed by atoms with van der Waals surface area (Å²) in [5, 5.41) is 11.9. The van der Waals surface area contributed by atoms with Gasteiger partial charge in [0.1, 0.15) is 0 Å². The standard InChI is InChI=1S/C23H23N3OS/c1-17(2)28-22-14-8-18(9-15-22)16-23(27)24-19-10-12-21(13-11-19)26-25-20-6-4-3-5-7-20/h3-15,17H,16H2,1-2H3,(H,24,27). The number of rotatable bonds is 7.